The molecule has 2 unspecified atom stereocenters. The molecular formula is C16H21FN2O2. The number of hydrogen-bond donors (Lipinski definition) is 1. The van der Waals surface area contributed by atoms with E-state index in [2.05, 4.69) is 5.32 Å². The Hall–Kier alpha value is -1.91. The summed E-state index contributed by atoms with van der Waals surface area (Å²) >= 11 is 0. The molecule has 1 aliphatic rings. The molecular weight excluding hydrogens is 271 g/mol. The fraction of sp³-hybridized carbons (Fsp3) is 0.500. The number of nitrogens with zero attached hydrogens (tertiary/aromatic N) is 1. The maximum Gasteiger partial charge on any atom is 0.253 e. The Kier molecular flexibility index (Phi) is 4.03. The Morgan fingerprint density at radius 1 is 1.33 bits per heavy atom. The first-order valence-electron chi connectivity index (χ1n) is 7.26. The van der Waals surface area contributed by atoms with Crippen molar-refractivity contribution in [2.24, 2.45) is 0 Å². The molecule has 1 aromatic rings. The lowest BCUT2D eigenvalue weighted by molar-refractivity contribution is -0.138. The van der Waals surface area contributed by atoms with Crippen LogP contribution >= 0.6 is 0 Å². The summed E-state index contributed by atoms with van der Waals surface area (Å²) < 4.78 is 13.6. The fourth-order valence-electron chi connectivity index (χ4n) is 2.66. The maximum atomic E-state index is 13.6. The standard InChI is InChI=1S/C16H21FN2O2/c1-5-12-14(20)18-16(4,6-2)15(21)19(12)13-9-11(17)8-7-10(13)3/h7-9,12H,5-6H2,1-4H3,(H,18,20). The summed E-state index contributed by atoms with van der Waals surface area (Å²) in [5, 5.41) is 2.80. The van der Waals surface area contributed by atoms with Gasteiger partial charge >= 0.3 is 0 Å². The van der Waals surface area contributed by atoms with Crippen molar-refractivity contribution in [1.82, 2.24) is 5.32 Å². The number of amides is 2. The van der Waals surface area contributed by atoms with Crippen LogP contribution in [0.4, 0.5) is 10.1 Å². The maximum absolute atomic E-state index is 13.6. The van der Waals surface area contributed by atoms with E-state index in [9.17, 15) is 14.0 Å². The average Bonchev–Trinajstić information content (AvgIpc) is 2.45. The normalized spacial score (nSPS) is 26.0. The van der Waals surface area contributed by atoms with Crippen LogP contribution in [0.15, 0.2) is 18.2 Å². The Morgan fingerprint density at radius 3 is 2.57 bits per heavy atom. The van der Waals surface area contributed by atoms with E-state index in [1.54, 1.807) is 13.0 Å². The van der Waals surface area contributed by atoms with Crippen LogP contribution in [0.5, 0.6) is 0 Å². The number of hydrogen-bond acceptors (Lipinski definition) is 2. The lowest BCUT2D eigenvalue weighted by Crippen LogP contribution is -2.69. The summed E-state index contributed by atoms with van der Waals surface area (Å²) in [6.45, 7) is 7.21. The van der Waals surface area contributed by atoms with Gasteiger partial charge in [-0.25, -0.2) is 4.39 Å². The fourth-order valence-corrected chi connectivity index (χ4v) is 2.66. The van der Waals surface area contributed by atoms with Gasteiger partial charge in [0.05, 0.1) is 5.69 Å². The van der Waals surface area contributed by atoms with Crippen LogP contribution in [0, 0.1) is 12.7 Å². The minimum absolute atomic E-state index is 0.190. The molecule has 1 aliphatic heterocycles. The number of benzene rings is 1. The van der Waals surface area contributed by atoms with Crippen LogP contribution < -0.4 is 10.2 Å². The highest BCUT2D eigenvalue weighted by molar-refractivity contribution is 6.10. The Balaban J connectivity index is 2.57. The highest BCUT2D eigenvalue weighted by Crippen LogP contribution is 2.31. The van der Waals surface area contributed by atoms with E-state index in [1.807, 2.05) is 20.8 Å². The summed E-state index contributed by atoms with van der Waals surface area (Å²) in [5.74, 6) is -0.794. The molecule has 1 fully saturated rings. The smallest absolute Gasteiger partial charge is 0.253 e. The minimum Gasteiger partial charge on any atom is -0.340 e. The Morgan fingerprint density at radius 2 is 2.00 bits per heavy atom. The highest BCUT2D eigenvalue weighted by Gasteiger charge is 2.47. The van der Waals surface area contributed by atoms with Gasteiger partial charge in [-0.2, -0.15) is 0 Å². The number of piperazine rings is 1. The van der Waals surface area contributed by atoms with Crippen LogP contribution in [0.1, 0.15) is 39.2 Å². The van der Waals surface area contributed by atoms with E-state index in [4.69, 9.17) is 0 Å². The molecule has 2 atom stereocenters. The monoisotopic (exact) mass is 292 g/mol. The lowest BCUT2D eigenvalue weighted by Gasteiger charge is -2.44. The number of anilines is 1. The number of halogens is 1. The number of nitrogens with one attached hydrogen (secondary N) is 1. The lowest BCUT2D eigenvalue weighted by atomic mass is 9.90. The summed E-state index contributed by atoms with van der Waals surface area (Å²) in [5.41, 5.74) is 0.305. The second-order valence-electron chi connectivity index (χ2n) is 5.70. The third kappa shape index (κ3) is 2.52. The first kappa shape index (κ1) is 15.5. The molecule has 2 rings (SSSR count). The van der Waals surface area contributed by atoms with Gasteiger partial charge in [-0.3, -0.25) is 14.5 Å². The van der Waals surface area contributed by atoms with Gasteiger partial charge in [0, 0.05) is 0 Å². The number of carbonyl (C=O) groups excluding carboxylic acids is 2. The molecule has 4 nitrogen and oxygen atoms in total. The molecule has 1 aromatic carbocycles. The van der Waals surface area contributed by atoms with Gasteiger partial charge in [-0.1, -0.05) is 19.9 Å². The molecule has 0 aromatic heterocycles. The van der Waals surface area contributed by atoms with Gasteiger partial charge in [-0.15, -0.1) is 0 Å². The molecule has 0 radical (unpaired) electrons. The predicted octanol–water partition coefficient (Wildman–Crippen LogP) is 2.54. The van der Waals surface area contributed by atoms with Crippen molar-refractivity contribution in [2.45, 2.75) is 52.1 Å². The van der Waals surface area contributed by atoms with E-state index < -0.39 is 17.4 Å². The molecule has 5 heteroatoms. The van der Waals surface area contributed by atoms with Crippen molar-refractivity contribution >= 4 is 17.5 Å². The van der Waals surface area contributed by atoms with Crippen molar-refractivity contribution in [1.29, 1.82) is 0 Å². The molecule has 1 heterocycles. The zero-order valence-corrected chi connectivity index (χ0v) is 12.9. The van der Waals surface area contributed by atoms with E-state index in [-0.39, 0.29) is 11.8 Å². The van der Waals surface area contributed by atoms with Gasteiger partial charge in [0.1, 0.15) is 17.4 Å². The first-order valence-corrected chi connectivity index (χ1v) is 7.26. The third-order valence-electron chi connectivity index (χ3n) is 4.23. The summed E-state index contributed by atoms with van der Waals surface area (Å²) in [7, 11) is 0. The van der Waals surface area contributed by atoms with Crippen LogP contribution in [0.25, 0.3) is 0 Å². The topological polar surface area (TPSA) is 49.4 Å². The largest absolute Gasteiger partial charge is 0.340 e. The van der Waals surface area contributed by atoms with Crippen molar-refractivity contribution in [3.8, 4) is 0 Å². The number of carbonyl (C=O) groups is 2. The molecule has 0 aliphatic carbocycles. The molecule has 114 valence electrons. The van der Waals surface area contributed by atoms with Crippen LogP contribution in [-0.4, -0.2) is 23.4 Å². The van der Waals surface area contributed by atoms with Gasteiger partial charge in [0.15, 0.2) is 0 Å². The molecule has 1 N–H and O–H groups in total. The van der Waals surface area contributed by atoms with Gasteiger partial charge in [0.2, 0.25) is 5.91 Å². The molecule has 0 bridgehead atoms. The Labute approximate surface area is 124 Å². The molecule has 21 heavy (non-hydrogen) atoms. The van der Waals surface area contributed by atoms with Gasteiger partial charge in [-0.05, 0) is 44.4 Å². The minimum atomic E-state index is -0.943. The van der Waals surface area contributed by atoms with Crippen LogP contribution in [-0.2, 0) is 9.59 Å². The second-order valence-corrected chi connectivity index (χ2v) is 5.70. The van der Waals surface area contributed by atoms with Crippen LogP contribution in [0.3, 0.4) is 0 Å². The zero-order valence-electron chi connectivity index (χ0n) is 12.9. The predicted molar refractivity (Wildman–Crippen MR) is 79.5 cm³/mol. The molecule has 0 saturated carbocycles. The second kappa shape index (κ2) is 5.47. The quantitative estimate of drug-likeness (QED) is 0.930. The van der Waals surface area contributed by atoms with Gasteiger partial charge < -0.3 is 5.32 Å². The SMILES string of the molecule is CCC1C(=O)NC(C)(CC)C(=O)N1c1cc(F)ccc1C. The molecule has 0 spiro atoms. The van der Waals surface area contributed by atoms with E-state index >= 15 is 0 Å². The molecule has 2 amide bonds. The van der Waals surface area contributed by atoms with Crippen molar-refractivity contribution in [2.75, 3.05) is 4.90 Å². The number of rotatable bonds is 3. The Bertz CT molecular complexity index is 588. The number of aryl methyl sites for hydroxylation is 1. The van der Waals surface area contributed by atoms with E-state index in [0.717, 1.165) is 5.56 Å². The van der Waals surface area contributed by atoms with Crippen molar-refractivity contribution in [3.63, 3.8) is 0 Å². The van der Waals surface area contributed by atoms with E-state index in [0.29, 0.717) is 18.5 Å². The third-order valence-corrected chi connectivity index (χ3v) is 4.23. The van der Waals surface area contributed by atoms with Crippen LogP contribution in [0.2, 0.25) is 0 Å². The van der Waals surface area contributed by atoms with Crippen molar-refractivity contribution < 1.29 is 14.0 Å². The summed E-state index contributed by atoms with van der Waals surface area (Å²) in [6, 6.07) is 3.70. The zero-order chi connectivity index (χ0) is 15.8. The van der Waals surface area contributed by atoms with Gasteiger partial charge in [0.25, 0.3) is 5.91 Å². The summed E-state index contributed by atoms with van der Waals surface area (Å²) in [4.78, 5) is 26.6. The first-order chi connectivity index (χ1) is 9.84. The highest BCUT2D eigenvalue weighted by atomic mass is 19.1. The summed E-state index contributed by atoms with van der Waals surface area (Å²) in [6.07, 6.45) is 0.964. The van der Waals surface area contributed by atoms with Crippen molar-refractivity contribution in [3.05, 3.63) is 29.6 Å². The molecule has 1 saturated heterocycles. The van der Waals surface area contributed by atoms with E-state index in [1.165, 1.54) is 17.0 Å². The average molecular weight is 292 g/mol.